The highest BCUT2D eigenvalue weighted by molar-refractivity contribution is 5.94. The van der Waals surface area contributed by atoms with Gasteiger partial charge in [-0.2, -0.15) is 4.98 Å². The molecule has 1 aliphatic carbocycles. The van der Waals surface area contributed by atoms with Crippen LogP contribution in [0.2, 0.25) is 0 Å². The van der Waals surface area contributed by atoms with Crippen molar-refractivity contribution in [2.45, 2.75) is 33.1 Å². The molecule has 1 aliphatic heterocycles. The molecule has 32 heavy (non-hydrogen) atoms. The predicted molar refractivity (Wildman–Crippen MR) is 119 cm³/mol. The minimum absolute atomic E-state index is 0.109. The van der Waals surface area contributed by atoms with Crippen LogP contribution in [0, 0.1) is 30.0 Å². The predicted octanol–water partition coefficient (Wildman–Crippen LogP) is 4.19. The van der Waals surface area contributed by atoms with E-state index in [0.29, 0.717) is 47.2 Å². The first-order chi connectivity index (χ1) is 15.5. The van der Waals surface area contributed by atoms with Gasteiger partial charge in [-0.15, -0.1) is 10.2 Å². The van der Waals surface area contributed by atoms with Gasteiger partial charge in [0.25, 0.3) is 5.78 Å². The van der Waals surface area contributed by atoms with Crippen LogP contribution in [0.15, 0.2) is 30.6 Å². The van der Waals surface area contributed by atoms with Crippen molar-refractivity contribution >= 4 is 28.2 Å². The molecular weight excluding hydrogens is 407 g/mol. The molecule has 8 heteroatoms. The normalized spacial score (nSPS) is 16.8. The van der Waals surface area contributed by atoms with E-state index in [4.69, 9.17) is 9.72 Å². The molecule has 0 unspecified atom stereocenters. The molecule has 0 spiro atoms. The number of anilines is 2. The molecule has 0 radical (unpaired) electrons. The van der Waals surface area contributed by atoms with Crippen LogP contribution in [0.1, 0.15) is 37.6 Å². The van der Waals surface area contributed by atoms with Gasteiger partial charge in [-0.25, -0.2) is 4.39 Å². The van der Waals surface area contributed by atoms with Crippen molar-refractivity contribution in [3.63, 3.8) is 0 Å². The van der Waals surface area contributed by atoms with Crippen LogP contribution in [-0.4, -0.2) is 37.7 Å². The molecule has 1 fully saturated rings. The lowest BCUT2D eigenvalue weighted by Crippen LogP contribution is -2.20. The fourth-order valence-corrected chi connectivity index (χ4v) is 4.12. The number of halogens is 1. The Balaban J connectivity index is 1.59. The average molecular weight is 428 g/mol. The first kappa shape index (κ1) is 19.0. The summed E-state index contributed by atoms with van der Waals surface area (Å²) in [6.45, 7) is 5.16. The number of nitrogens with zero attached hydrogens (tertiary/aromatic N) is 6. The highest BCUT2D eigenvalue weighted by Gasteiger charge is 2.35. The first-order valence-corrected chi connectivity index (χ1v) is 10.8. The summed E-state index contributed by atoms with van der Waals surface area (Å²) >= 11 is 0. The quantitative estimate of drug-likeness (QED) is 0.424. The van der Waals surface area contributed by atoms with E-state index in [0.717, 1.165) is 30.5 Å². The van der Waals surface area contributed by atoms with Gasteiger partial charge in [0, 0.05) is 12.0 Å². The van der Waals surface area contributed by atoms with E-state index in [2.05, 4.69) is 33.9 Å². The molecule has 4 aromatic rings. The Morgan fingerprint density at radius 3 is 2.91 bits per heavy atom. The number of hydrogen-bond donors (Lipinski definition) is 0. The Morgan fingerprint density at radius 1 is 1.19 bits per heavy atom. The van der Waals surface area contributed by atoms with Gasteiger partial charge in [0.1, 0.15) is 11.6 Å². The lowest BCUT2D eigenvalue weighted by molar-refractivity contribution is 0.322. The van der Waals surface area contributed by atoms with E-state index < -0.39 is 5.82 Å². The fourth-order valence-electron chi connectivity index (χ4n) is 4.12. The summed E-state index contributed by atoms with van der Waals surface area (Å²) in [5, 5.41) is 8.70. The molecule has 0 N–H and O–H groups in total. The van der Waals surface area contributed by atoms with Crippen molar-refractivity contribution in [2.24, 2.45) is 5.41 Å². The molecule has 4 heterocycles. The summed E-state index contributed by atoms with van der Waals surface area (Å²) in [4.78, 5) is 10.8. The van der Waals surface area contributed by atoms with Gasteiger partial charge in [0.05, 0.1) is 41.2 Å². The number of hydrogen-bond acceptors (Lipinski definition) is 6. The standard InChI is InChI=1S/C24H21FN6O/c1-15-28-29-23-27-22(20-17(25)13-26-14-19(20)31(15)23)30-11-4-12-32-21-16(5-3-6-18(21)30)7-8-24(2)9-10-24/h3,5-6,13-14H,4,9-12H2,1-2H3. The number of aromatic nitrogens is 5. The van der Waals surface area contributed by atoms with Crippen molar-refractivity contribution in [1.29, 1.82) is 0 Å². The van der Waals surface area contributed by atoms with E-state index in [1.165, 1.54) is 6.20 Å². The zero-order valence-electron chi connectivity index (χ0n) is 17.9. The third-order valence-electron chi connectivity index (χ3n) is 6.17. The lowest BCUT2D eigenvalue weighted by atomic mass is 10.1. The Bertz CT molecular complexity index is 1450. The van der Waals surface area contributed by atoms with Crippen molar-refractivity contribution < 1.29 is 9.13 Å². The van der Waals surface area contributed by atoms with Crippen molar-refractivity contribution in [1.82, 2.24) is 24.6 Å². The summed E-state index contributed by atoms with van der Waals surface area (Å²) in [7, 11) is 0. The van der Waals surface area contributed by atoms with E-state index in [9.17, 15) is 0 Å². The van der Waals surface area contributed by atoms with Crippen molar-refractivity contribution in [3.05, 3.63) is 47.8 Å². The van der Waals surface area contributed by atoms with Crippen LogP contribution in [0.5, 0.6) is 5.75 Å². The first-order valence-electron chi connectivity index (χ1n) is 10.8. The molecule has 0 bridgehead atoms. The van der Waals surface area contributed by atoms with Gasteiger partial charge < -0.3 is 9.64 Å². The molecule has 1 saturated carbocycles. The summed E-state index contributed by atoms with van der Waals surface area (Å²) in [6.07, 6.45) is 5.85. The third kappa shape index (κ3) is 2.96. The van der Waals surface area contributed by atoms with E-state index >= 15 is 4.39 Å². The molecule has 0 atom stereocenters. The number of pyridine rings is 1. The van der Waals surface area contributed by atoms with E-state index in [1.807, 2.05) is 30.0 Å². The number of para-hydroxylation sites is 1. The molecular formula is C24H21FN6O. The van der Waals surface area contributed by atoms with Gasteiger partial charge >= 0.3 is 0 Å². The van der Waals surface area contributed by atoms with Crippen LogP contribution < -0.4 is 9.64 Å². The Labute approximate surface area is 184 Å². The maximum atomic E-state index is 15.1. The fraction of sp³-hybridized carbons (Fsp3) is 0.333. The number of fused-ring (bicyclic) bond motifs is 4. The van der Waals surface area contributed by atoms with Crippen LogP contribution in [-0.2, 0) is 0 Å². The number of rotatable bonds is 1. The van der Waals surface area contributed by atoms with Gasteiger partial charge in [-0.1, -0.05) is 17.9 Å². The Kier molecular flexibility index (Phi) is 4.09. The minimum Gasteiger partial charge on any atom is -0.490 e. The summed E-state index contributed by atoms with van der Waals surface area (Å²) < 4.78 is 23.0. The molecule has 7 nitrogen and oxygen atoms in total. The summed E-state index contributed by atoms with van der Waals surface area (Å²) in [6, 6.07) is 5.90. The average Bonchev–Trinajstić information content (AvgIpc) is 3.47. The highest BCUT2D eigenvalue weighted by atomic mass is 19.1. The number of aryl methyl sites for hydroxylation is 1. The van der Waals surface area contributed by atoms with Crippen LogP contribution in [0.3, 0.4) is 0 Å². The Morgan fingerprint density at radius 2 is 2.06 bits per heavy atom. The molecule has 1 aromatic carbocycles. The zero-order valence-corrected chi connectivity index (χ0v) is 17.9. The number of ether oxygens (including phenoxy) is 1. The second-order valence-corrected chi connectivity index (χ2v) is 8.65. The molecule has 6 rings (SSSR count). The molecule has 0 amide bonds. The molecule has 3 aromatic heterocycles. The van der Waals surface area contributed by atoms with E-state index in [1.54, 1.807) is 10.6 Å². The summed E-state index contributed by atoms with van der Waals surface area (Å²) in [5.74, 6) is 8.49. The minimum atomic E-state index is -0.440. The van der Waals surface area contributed by atoms with Gasteiger partial charge in [-0.05, 0) is 45.2 Å². The van der Waals surface area contributed by atoms with Crippen LogP contribution >= 0.6 is 0 Å². The second kappa shape index (κ2) is 6.89. The Hall–Kier alpha value is -3.73. The second-order valence-electron chi connectivity index (χ2n) is 8.65. The monoisotopic (exact) mass is 428 g/mol. The largest absolute Gasteiger partial charge is 0.490 e. The third-order valence-corrected chi connectivity index (χ3v) is 6.17. The maximum Gasteiger partial charge on any atom is 0.257 e. The van der Waals surface area contributed by atoms with Crippen LogP contribution in [0.4, 0.5) is 15.9 Å². The molecule has 0 saturated heterocycles. The number of benzene rings is 1. The maximum absolute atomic E-state index is 15.1. The van der Waals surface area contributed by atoms with E-state index in [-0.39, 0.29) is 5.41 Å². The van der Waals surface area contributed by atoms with Crippen molar-refractivity contribution in [2.75, 3.05) is 18.1 Å². The van der Waals surface area contributed by atoms with Crippen molar-refractivity contribution in [3.8, 4) is 17.6 Å². The van der Waals surface area contributed by atoms with Crippen LogP contribution in [0.25, 0.3) is 16.7 Å². The molecule has 160 valence electrons. The van der Waals surface area contributed by atoms with Gasteiger partial charge in [0.15, 0.2) is 11.6 Å². The molecule has 2 aliphatic rings. The van der Waals surface area contributed by atoms with Gasteiger partial charge in [-0.3, -0.25) is 9.38 Å². The smallest absolute Gasteiger partial charge is 0.257 e. The zero-order chi connectivity index (χ0) is 21.9. The lowest BCUT2D eigenvalue weighted by Gasteiger charge is -2.25. The highest BCUT2D eigenvalue weighted by Crippen LogP contribution is 2.45. The SMILES string of the molecule is Cc1nnc2nc(N3CCCOc4c(C#CC5(C)CC5)cccc43)c3c(F)cncc3n12. The summed E-state index contributed by atoms with van der Waals surface area (Å²) in [5.41, 5.74) is 2.35. The topological polar surface area (TPSA) is 68.4 Å². The van der Waals surface area contributed by atoms with Gasteiger partial charge in [0.2, 0.25) is 0 Å².